The van der Waals surface area contributed by atoms with Gasteiger partial charge in [0.2, 0.25) is 0 Å². The second kappa shape index (κ2) is 21.3. The maximum atomic E-state index is 13.3. The zero-order valence-corrected chi connectivity index (χ0v) is 37.1. The van der Waals surface area contributed by atoms with E-state index in [9.17, 15) is 9.59 Å². The molecule has 0 radical (unpaired) electrons. The topological polar surface area (TPSA) is 43.4 Å². The van der Waals surface area contributed by atoms with Crippen molar-refractivity contribution >= 4 is 35.4 Å². The van der Waals surface area contributed by atoms with Gasteiger partial charge in [-0.15, -0.1) is 11.8 Å². The second-order valence-electron chi connectivity index (χ2n) is 16.3. The molecule has 2 aliphatic rings. The van der Waals surface area contributed by atoms with Crippen molar-refractivity contribution in [2.24, 2.45) is 10.8 Å². The first-order valence-electron chi connectivity index (χ1n) is 19.8. The number of ketones is 2. The minimum atomic E-state index is -0.229. The van der Waals surface area contributed by atoms with Crippen LogP contribution in [0, 0.1) is 10.8 Å². The first kappa shape index (κ1) is 45.1. The van der Waals surface area contributed by atoms with Crippen molar-refractivity contribution < 1.29 is 13.8 Å². The van der Waals surface area contributed by atoms with Crippen LogP contribution in [0.5, 0.6) is 5.75 Å². The van der Waals surface area contributed by atoms with Crippen molar-refractivity contribution in [2.75, 3.05) is 0 Å². The van der Waals surface area contributed by atoms with Gasteiger partial charge in [-0.1, -0.05) is 171 Å². The first-order valence-corrected chi connectivity index (χ1v) is 21.4. The minimum Gasteiger partial charge on any atom is -0.425 e. The highest BCUT2D eigenvalue weighted by Gasteiger charge is 2.40. The lowest BCUT2D eigenvalue weighted by atomic mass is 9.72. The van der Waals surface area contributed by atoms with E-state index in [1.165, 1.54) is 12.0 Å². The Morgan fingerprint density at radius 3 is 1.47 bits per heavy atom. The highest BCUT2D eigenvalue weighted by Crippen LogP contribution is 2.45. The molecular weight excluding hydrogens is 737 g/mol. The number of rotatable bonds is 15. The predicted molar refractivity (Wildman–Crippen MR) is 247 cm³/mol. The van der Waals surface area contributed by atoms with E-state index in [-0.39, 0.29) is 32.9 Å². The number of thioether (sulfide) groups is 1. The number of Topliss-reactive ketones (excluding diaryl/α,β-unsaturated/α-hetero) is 2. The van der Waals surface area contributed by atoms with Crippen molar-refractivity contribution in [1.29, 1.82) is 0 Å². The van der Waals surface area contributed by atoms with Gasteiger partial charge in [0.15, 0.2) is 11.6 Å². The monoisotopic (exact) mass is 796 g/mol. The average molecular weight is 797 g/mol. The third kappa shape index (κ3) is 13.8. The fraction of sp³-hybridized carbons (Fsp3) is 0.308. The summed E-state index contributed by atoms with van der Waals surface area (Å²) in [5, 5.41) is -0.287. The molecule has 0 aliphatic heterocycles. The molecule has 0 saturated carbocycles. The maximum absolute atomic E-state index is 13.3. The van der Waals surface area contributed by atoms with Gasteiger partial charge in [0.25, 0.3) is 0 Å². The van der Waals surface area contributed by atoms with Gasteiger partial charge < -0.3 is 4.18 Å². The van der Waals surface area contributed by atoms with Crippen LogP contribution in [0.4, 0.5) is 0 Å². The van der Waals surface area contributed by atoms with Crippen molar-refractivity contribution in [3.8, 4) is 5.75 Å². The molecule has 4 rings (SSSR count). The molecule has 0 bridgehead atoms. The number of benzene rings is 2. The molecular formula is C52H60O3S2. The van der Waals surface area contributed by atoms with E-state index in [0.717, 1.165) is 68.1 Å². The molecule has 0 aromatic heterocycles. The number of hydrogen-bond donors (Lipinski definition) is 0. The standard InChI is InChI=1S/C52H60O3S2/c1-37(23-19-25-39(3)31-33-45-41(5)49(53)47(35-51(45,7)8)56-44-29-15-12-16-30-44)21-17-18-22-38(2)24-20-26-40(4)32-34-46-42(6)50(54)48(36-52(46,9)10)57-55-43-27-13-11-14-28-43/h11-34,47-48H,35-36H2,1-10H3/b18-17+,23-19+,24-20+,33-31+,34-32+,37-21+,38-22+,39-25+,40-26+. The Balaban J connectivity index is 1.27. The number of para-hydroxylation sites is 1. The molecule has 3 nitrogen and oxygen atoms in total. The van der Waals surface area contributed by atoms with Gasteiger partial charge in [-0.2, -0.15) is 0 Å². The van der Waals surface area contributed by atoms with Crippen LogP contribution in [-0.2, 0) is 9.59 Å². The van der Waals surface area contributed by atoms with Gasteiger partial charge in [-0.25, -0.2) is 0 Å². The van der Waals surface area contributed by atoms with Crippen LogP contribution in [-0.4, -0.2) is 22.1 Å². The summed E-state index contributed by atoms with van der Waals surface area (Å²) in [6.45, 7) is 21.1. The van der Waals surface area contributed by atoms with Crippen LogP contribution in [0.25, 0.3) is 0 Å². The lowest BCUT2D eigenvalue weighted by Gasteiger charge is -2.36. The summed E-state index contributed by atoms with van der Waals surface area (Å²) in [4.78, 5) is 27.7. The Hall–Kier alpha value is -4.58. The molecule has 5 heteroatoms. The average Bonchev–Trinajstić information content (AvgIpc) is 3.16. The number of hydrogen-bond acceptors (Lipinski definition) is 5. The maximum Gasteiger partial charge on any atom is 0.175 e. The van der Waals surface area contributed by atoms with E-state index in [1.807, 2.05) is 62.4 Å². The van der Waals surface area contributed by atoms with E-state index in [4.69, 9.17) is 4.18 Å². The molecule has 2 aliphatic carbocycles. The van der Waals surface area contributed by atoms with Gasteiger partial charge in [-0.3, -0.25) is 9.59 Å². The summed E-state index contributed by atoms with van der Waals surface area (Å²) in [6.07, 6.45) is 30.8. The molecule has 0 N–H and O–H groups in total. The SMILES string of the molecule is CC1=C(/C=C/C(C)=C/C=C/C(C)=C/C=C/C=C(C)/C=C/C=C(C)/C=C/C2=C(C)C(=O)C(Sc3ccccc3)CC2(C)C)C(C)(C)CC(SOc2ccccc2)C1=O. The van der Waals surface area contributed by atoms with Gasteiger partial charge >= 0.3 is 0 Å². The Labute approximate surface area is 351 Å². The lowest BCUT2D eigenvalue weighted by Crippen LogP contribution is -2.34. The van der Waals surface area contributed by atoms with Crippen molar-refractivity contribution in [3.63, 3.8) is 0 Å². The third-order valence-electron chi connectivity index (χ3n) is 10.3. The number of carbonyl (C=O) groups is 2. The summed E-state index contributed by atoms with van der Waals surface area (Å²) in [5.41, 5.74) is 8.18. The zero-order chi connectivity index (χ0) is 41.6. The normalized spacial score (nSPS) is 21.4. The number of carbonyl (C=O) groups excluding carboxylic acids is 2. The highest BCUT2D eigenvalue weighted by molar-refractivity contribution is 8.00. The van der Waals surface area contributed by atoms with E-state index >= 15 is 0 Å². The fourth-order valence-corrected chi connectivity index (χ4v) is 9.51. The molecule has 298 valence electrons. The molecule has 2 aromatic rings. The van der Waals surface area contributed by atoms with Crippen LogP contribution in [0.2, 0.25) is 0 Å². The Morgan fingerprint density at radius 2 is 0.982 bits per heavy atom. The van der Waals surface area contributed by atoms with E-state index < -0.39 is 0 Å². The van der Waals surface area contributed by atoms with Gasteiger partial charge in [0.1, 0.15) is 11.0 Å². The quantitative estimate of drug-likeness (QED) is 0.133. The molecule has 2 unspecified atom stereocenters. The minimum absolute atomic E-state index is 0.0580. The summed E-state index contributed by atoms with van der Waals surface area (Å²) >= 11 is 2.94. The van der Waals surface area contributed by atoms with Crippen molar-refractivity contribution in [2.45, 2.75) is 97.5 Å². The van der Waals surface area contributed by atoms with Crippen LogP contribution in [0.1, 0.15) is 82.1 Å². The van der Waals surface area contributed by atoms with Crippen LogP contribution >= 0.6 is 23.8 Å². The summed E-state index contributed by atoms with van der Waals surface area (Å²) < 4.78 is 5.87. The molecule has 57 heavy (non-hydrogen) atoms. The lowest BCUT2D eigenvalue weighted by molar-refractivity contribution is -0.116. The Bertz CT molecular complexity index is 2090. The zero-order valence-electron chi connectivity index (χ0n) is 35.5. The van der Waals surface area contributed by atoms with Gasteiger partial charge in [-0.05, 0) is 112 Å². The summed E-state index contributed by atoms with van der Waals surface area (Å²) in [7, 11) is 0. The van der Waals surface area contributed by atoms with E-state index in [2.05, 4.69) is 153 Å². The first-order chi connectivity index (χ1) is 27.1. The van der Waals surface area contributed by atoms with Crippen LogP contribution in [0.3, 0.4) is 0 Å². The molecule has 0 heterocycles. The highest BCUT2D eigenvalue weighted by atomic mass is 32.2. The Morgan fingerprint density at radius 1 is 0.579 bits per heavy atom. The fourth-order valence-electron chi connectivity index (χ4n) is 6.99. The summed E-state index contributed by atoms with van der Waals surface area (Å²) in [5.74, 6) is 1.14. The summed E-state index contributed by atoms with van der Waals surface area (Å²) in [6, 6.07) is 19.8. The second-order valence-corrected chi connectivity index (χ2v) is 18.5. The molecule has 0 fully saturated rings. The van der Waals surface area contributed by atoms with Gasteiger partial charge in [0.05, 0.1) is 17.3 Å². The van der Waals surface area contributed by atoms with Gasteiger partial charge in [0, 0.05) is 4.90 Å². The molecule has 2 aromatic carbocycles. The molecule has 0 saturated heterocycles. The molecule has 0 amide bonds. The van der Waals surface area contributed by atoms with Crippen LogP contribution in [0.15, 0.2) is 195 Å². The largest absolute Gasteiger partial charge is 0.425 e. The van der Waals surface area contributed by atoms with Crippen LogP contribution < -0.4 is 4.18 Å². The smallest absolute Gasteiger partial charge is 0.175 e. The molecule has 0 spiro atoms. The van der Waals surface area contributed by atoms with Crippen molar-refractivity contribution in [1.82, 2.24) is 0 Å². The molecule has 2 atom stereocenters. The van der Waals surface area contributed by atoms with E-state index in [0.29, 0.717) is 0 Å². The number of allylic oxidation sites excluding steroid dienone is 22. The van der Waals surface area contributed by atoms with Crippen molar-refractivity contribution in [3.05, 3.63) is 190 Å². The third-order valence-corrected chi connectivity index (χ3v) is 12.4. The predicted octanol–water partition coefficient (Wildman–Crippen LogP) is 14.4. The van der Waals surface area contributed by atoms with E-state index in [1.54, 1.807) is 11.8 Å². The Kier molecular flexibility index (Phi) is 16.8.